The molecule has 4 aliphatic rings. The van der Waals surface area contributed by atoms with Gasteiger partial charge in [-0.05, 0) is 112 Å². The van der Waals surface area contributed by atoms with Gasteiger partial charge in [0.15, 0.2) is 0 Å². The summed E-state index contributed by atoms with van der Waals surface area (Å²) in [5.41, 5.74) is 0.628. The quantitative estimate of drug-likeness (QED) is 0.709. The van der Waals surface area contributed by atoms with E-state index in [9.17, 15) is 9.90 Å². The van der Waals surface area contributed by atoms with Crippen molar-refractivity contribution in [3.63, 3.8) is 0 Å². The highest BCUT2D eigenvalue weighted by Gasteiger charge is 2.57. The van der Waals surface area contributed by atoms with Crippen LogP contribution in [0.4, 0.5) is 0 Å². The van der Waals surface area contributed by atoms with Gasteiger partial charge in [-0.2, -0.15) is 0 Å². The van der Waals surface area contributed by atoms with Gasteiger partial charge in [0.05, 0.1) is 17.8 Å². The van der Waals surface area contributed by atoms with E-state index in [1.165, 1.54) is 44.9 Å². The van der Waals surface area contributed by atoms with Crippen LogP contribution in [0.2, 0.25) is 0 Å². The van der Waals surface area contributed by atoms with Gasteiger partial charge in [-0.25, -0.2) is 0 Å². The summed E-state index contributed by atoms with van der Waals surface area (Å²) in [6.45, 7) is 5.02. The zero-order valence-electron chi connectivity index (χ0n) is 19.4. The number of aromatic nitrogens is 1. The molecule has 4 aliphatic carbocycles. The van der Waals surface area contributed by atoms with Crippen molar-refractivity contribution in [1.82, 2.24) is 10.3 Å². The summed E-state index contributed by atoms with van der Waals surface area (Å²) in [6.07, 6.45) is 13.6. The summed E-state index contributed by atoms with van der Waals surface area (Å²) >= 11 is 0. The Kier molecular flexibility index (Phi) is 5.65. The van der Waals surface area contributed by atoms with Gasteiger partial charge in [0, 0.05) is 12.1 Å². The van der Waals surface area contributed by atoms with E-state index >= 15 is 0 Å². The topological polar surface area (TPSA) is 62.2 Å². The second kappa shape index (κ2) is 8.17. The smallest absolute Gasteiger partial charge is 0.223 e. The van der Waals surface area contributed by atoms with Crippen LogP contribution in [0.1, 0.15) is 83.7 Å². The second-order valence-electron chi connectivity index (χ2n) is 11.7. The van der Waals surface area contributed by atoms with Crippen LogP contribution in [0, 0.1) is 40.9 Å². The third kappa shape index (κ3) is 3.94. The van der Waals surface area contributed by atoms with Crippen LogP contribution in [-0.2, 0) is 11.3 Å². The molecule has 4 fully saturated rings. The molecule has 0 bridgehead atoms. The van der Waals surface area contributed by atoms with E-state index in [2.05, 4.69) is 17.2 Å². The van der Waals surface area contributed by atoms with Gasteiger partial charge < -0.3 is 10.4 Å². The van der Waals surface area contributed by atoms with Crippen LogP contribution < -0.4 is 5.32 Å². The Bertz CT molecular complexity index is 794. The average Bonchev–Trinajstić information content (AvgIpc) is 2.76. The van der Waals surface area contributed by atoms with E-state index < -0.39 is 5.60 Å². The number of fused-ring (bicyclic) bond motifs is 5. The van der Waals surface area contributed by atoms with Gasteiger partial charge in [-0.1, -0.05) is 19.4 Å². The molecule has 1 aromatic heterocycles. The molecule has 0 unspecified atom stereocenters. The lowest BCUT2D eigenvalue weighted by atomic mass is 9.45. The summed E-state index contributed by atoms with van der Waals surface area (Å²) in [5.74, 6) is 4.21. The molecule has 170 valence electrons. The first kappa shape index (κ1) is 21.4. The Morgan fingerprint density at radius 2 is 1.90 bits per heavy atom. The molecule has 0 radical (unpaired) electrons. The van der Waals surface area contributed by atoms with Crippen molar-refractivity contribution >= 4 is 5.91 Å². The number of amides is 1. The minimum Gasteiger partial charge on any atom is -0.390 e. The van der Waals surface area contributed by atoms with Crippen molar-refractivity contribution in [2.24, 2.45) is 40.9 Å². The van der Waals surface area contributed by atoms with Crippen molar-refractivity contribution in [3.05, 3.63) is 30.1 Å². The molecule has 0 saturated heterocycles. The lowest BCUT2D eigenvalue weighted by Gasteiger charge is -2.60. The Balaban J connectivity index is 1.29. The van der Waals surface area contributed by atoms with Crippen LogP contribution in [0.3, 0.4) is 0 Å². The molecule has 5 rings (SSSR count). The van der Waals surface area contributed by atoms with Gasteiger partial charge in [0.25, 0.3) is 0 Å². The predicted molar refractivity (Wildman–Crippen MR) is 122 cm³/mol. The highest BCUT2D eigenvalue weighted by Crippen LogP contribution is 2.63. The van der Waals surface area contributed by atoms with Crippen molar-refractivity contribution in [1.29, 1.82) is 0 Å². The maximum absolute atomic E-state index is 13.3. The van der Waals surface area contributed by atoms with Gasteiger partial charge in [-0.3, -0.25) is 9.78 Å². The van der Waals surface area contributed by atoms with Crippen molar-refractivity contribution < 1.29 is 9.90 Å². The summed E-state index contributed by atoms with van der Waals surface area (Å²) in [5, 5.41) is 13.8. The van der Waals surface area contributed by atoms with Crippen molar-refractivity contribution in [2.75, 3.05) is 0 Å². The van der Waals surface area contributed by atoms with E-state index in [-0.39, 0.29) is 17.2 Å². The summed E-state index contributed by atoms with van der Waals surface area (Å²) in [6, 6.07) is 5.88. The third-order valence-electron chi connectivity index (χ3n) is 9.96. The molecule has 0 aromatic carbocycles. The monoisotopic (exact) mass is 424 g/mol. The Morgan fingerprint density at radius 1 is 1.06 bits per heavy atom. The maximum atomic E-state index is 13.3. The minimum absolute atomic E-state index is 0.139. The standard InChI is InChI=1S/C27H40N2O2/c1-26(31)13-11-20-18(16-26)9-10-22-21(20)12-14-27(2)23(22)7-5-8-24(27)25(30)29-17-19-6-3-4-15-28-19/h3-4,6,15,18,20-24,31H,5,7-14,16-17H2,1-2H3,(H,29,30)/t18-,20+,21-,22-,23+,24-,26-,27+/m1/s1. The molecule has 0 spiro atoms. The van der Waals surface area contributed by atoms with E-state index in [1.807, 2.05) is 25.1 Å². The number of nitrogens with one attached hydrogen (secondary N) is 1. The van der Waals surface area contributed by atoms with Crippen LogP contribution in [-0.4, -0.2) is 21.6 Å². The molecule has 4 nitrogen and oxygen atoms in total. The molecular weight excluding hydrogens is 384 g/mol. The van der Waals surface area contributed by atoms with Gasteiger partial charge >= 0.3 is 0 Å². The Labute approximate surface area is 187 Å². The molecule has 0 aliphatic heterocycles. The van der Waals surface area contributed by atoms with E-state index in [4.69, 9.17) is 0 Å². The predicted octanol–water partition coefficient (Wildman–Crippen LogP) is 5.11. The van der Waals surface area contributed by atoms with E-state index in [0.29, 0.717) is 12.5 Å². The second-order valence-corrected chi connectivity index (χ2v) is 11.7. The van der Waals surface area contributed by atoms with E-state index in [0.717, 1.165) is 48.6 Å². The maximum Gasteiger partial charge on any atom is 0.223 e. The number of carbonyl (C=O) groups excluding carboxylic acids is 1. The number of carbonyl (C=O) groups is 1. The van der Waals surface area contributed by atoms with Crippen LogP contribution >= 0.6 is 0 Å². The van der Waals surface area contributed by atoms with Gasteiger partial charge in [0.2, 0.25) is 5.91 Å². The molecule has 2 N–H and O–H groups in total. The highest BCUT2D eigenvalue weighted by molar-refractivity contribution is 5.79. The number of nitrogens with zero attached hydrogens (tertiary/aromatic N) is 1. The zero-order valence-corrected chi connectivity index (χ0v) is 19.4. The summed E-state index contributed by atoms with van der Waals surface area (Å²) in [4.78, 5) is 17.7. The van der Waals surface area contributed by atoms with E-state index in [1.54, 1.807) is 6.20 Å². The number of pyridine rings is 1. The molecule has 4 saturated carbocycles. The zero-order chi connectivity index (χ0) is 21.6. The average molecular weight is 425 g/mol. The first-order valence-electron chi connectivity index (χ1n) is 12.8. The van der Waals surface area contributed by atoms with Crippen LogP contribution in [0.5, 0.6) is 0 Å². The summed E-state index contributed by atoms with van der Waals surface area (Å²) in [7, 11) is 0. The minimum atomic E-state index is -0.446. The fourth-order valence-electron chi connectivity index (χ4n) is 8.51. The molecule has 1 amide bonds. The number of hydrogen-bond donors (Lipinski definition) is 2. The number of aliphatic hydroxyl groups is 1. The molecule has 4 heteroatoms. The molecule has 1 heterocycles. The first-order chi connectivity index (χ1) is 14.9. The highest BCUT2D eigenvalue weighted by atomic mass is 16.3. The van der Waals surface area contributed by atoms with Gasteiger partial charge in [0.1, 0.15) is 0 Å². The van der Waals surface area contributed by atoms with Crippen molar-refractivity contribution in [2.45, 2.75) is 90.2 Å². The normalized spacial score (nSPS) is 44.5. The number of rotatable bonds is 3. The molecule has 1 aromatic rings. The lowest BCUT2D eigenvalue weighted by Crippen LogP contribution is -2.56. The largest absolute Gasteiger partial charge is 0.390 e. The summed E-state index contributed by atoms with van der Waals surface area (Å²) < 4.78 is 0. The van der Waals surface area contributed by atoms with Crippen LogP contribution in [0.15, 0.2) is 24.4 Å². The fourth-order valence-corrected chi connectivity index (χ4v) is 8.51. The SMILES string of the molecule is C[C@@]1(O)CC[C@H]2[C@H](CC[C@@H]3[C@@H]2CC[C@]2(C)[C@@H](C(=O)NCc4ccccn4)CCC[C@@H]32)C1. The Hall–Kier alpha value is -1.42. The van der Waals surface area contributed by atoms with Crippen molar-refractivity contribution in [3.8, 4) is 0 Å². The molecule has 31 heavy (non-hydrogen) atoms. The third-order valence-corrected chi connectivity index (χ3v) is 9.96. The Morgan fingerprint density at radius 3 is 2.71 bits per heavy atom. The molecule has 8 atom stereocenters. The molecular formula is C27H40N2O2. The number of hydrogen-bond acceptors (Lipinski definition) is 3. The van der Waals surface area contributed by atoms with Gasteiger partial charge in [-0.15, -0.1) is 0 Å². The first-order valence-corrected chi connectivity index (χ1v) is 12.8. The lowest BCUT2D eigenvalue weighted by molar-refractivity contribution is -0.149. The fraction of sp³-hybridized carbons (Fsp3) is 0.778. The van der Waals surface area contributed by atoms with Crippen LogP contribution in [0.25, 0.3) is 0 Å².